The van der Waals surface area contributed by atoms with Crippen LogP contribution in [0, 0.1) is 13.8 Å². The molecule has 0 unspecified atom stereocenters. The first-order valence-corrected chi connectivity index (χ1v) is 10.2. The molecule has 1 heterocycles. The van der Waals surface area contributed by atoms with E-state index in [1.165, 1.54) is 0 Å². The molecule has 0 radical (unpaired) electrons. The number of nitrogens with zero attached hydrogens (tertiary/aromatic N) is 2. The Bertz CT molecular complexity index is 917. The summed E-state index contributed by atoms with van der Waals surface area (Å²) in [7, 11) is -3.64. The van der Waals surface area contributed by atoms with Crippen LogP contribution in [0.2, 0.25) is 0 Å². The van der Waals surface area contributed by atoms with Crippen molar-refractivity contribution in [3.8, 4) is 0 Å². The summed E-state index contributed by atoms with van der Waals surface area (Å²) in [6.45, 7) is 9.78. The summed E-state index contributed by atoms with van der Waals surface area (Å²) in [6.07, 6.45) is 3.10. The minimum Gasteiger partial charge on any atom is -0.323 e. The Kier molecular flexibility index (Phi) is 6.33. The molecule has 0 atom stereocenters. The van der Waals surface area contributed by atoms with Crippen molar-refractivity contribution in [3.05, 3.63) is 47.5 Å². The summed E-state index contributed by atoms with van der Waals surface area (Å²) < 4.78 is 27.1. The minimum absolute atomic E-state index is 0.00201. The van der Waals surface area contributed by atoms with Crippen LogP contribution in [-0.2, 0) is 20.2 Å². The highest BCUT2D eigenvalue weighted by Gasteiger charge is 2.17. The highest BCUT2D eigenvalue weighted by atomic mass is 32.2. The third kappa shape index (κ3) is 5.83. The van der Waals surface area contributed by atoms with Crippen LogP contribution >= 0.6 is 0 Å². The lowest BCUT2D eigenvalue weighted by atomic mass is 9.96. The van der Waals surface area contributed by atoms with Gasteiger partial charge in [0.05, 0.1) is 23.0 Å². The van der Waals surface area contributed by atoms with Crippen molar-refractivity contribution in [3.63, 3.8) is 0 Å². The Morgan fingerprint density at radius 2 is 1.70 bits per heavy atom. The van der Waals surface area contributed by atoms with Crippen molar-refractivity contribution < 1.29 is 13.2 Å². The van der Waals surface area contributed by atoms with Gasteiger partial charge in [-0.2, -0.15) is 0 Å². The molecule has 8 heteroatoms. The number of rotatable bonds is 6. The van der Waals surface area contributed by atoms with Crippen molar-refractivity contribution in [1.82, 2.24) is 14.7 Å². The van der Waals surface area contributed by atoms with Gasteiger partial charge < -0.3 is 5.32 Å². The lowest BCUT2D eigenvalue weighted by Gasteiger charge is -2.16. The molecular weight excluding hydrogens is 364 g/mol. The first kappa shape index (κ1) is 21.0. The molecule has 2 aromatic rings. The van der Waals surface area contributed by atoms with E-state index in [2.05, 4.69) is 20.0 Å². The highest BCUT2D eigenvalue weighted by molar-refractivity contribution is 7.89. The normalized spacial score (nSPS) is 12.0. The maximum absolute atomic E-state index is 12.3. The second-order valence-corrected chi connectivity index (χ2v) is 9.25. The van der Waals surface area contributed by atoms with Gasteiger partial charge in [0.25, 0.3) is 0 Å². The predicted octanol–water partition coefficient (Wildman–Crippen LogP) is 2.70. The van der Waals surface area contributed by atoms with Crippen molar-refractivity contribution >= 4 is 21.6 Å². The van der Waals surface area contributed by atoms with Gasteiger partial charge in [-0.05, 0) is 37.1 Å². The number of anilines is 1. The maximum atomic E-state index is 12.3. The number of hydrogen-bond donors (Lipinski definition) is 2. The third-order valence-corrected chi connectivity index (χ3v) is 5.50. The van der Waals surface area contributed by atoms with Gasteiger partial charge in [0, 0.05) is 18.4 Å². The summed E-state index contributed by atoms with van der Waals surface area (Å²) >= 11 is 0. The van der Waals surface area contributed by atoms with Gasteiger partial charge in [-0.1, -0.05) is 26.8 Å². The van der Waals surface area contributed by atoms with E-state index in [0.29, 0.717) is 11.5 Å². The largest absolute Gasteiger partial charge is 0.323 e. The van der Waals surface area contributed by atoms with Crippen LogP contribution in [0.5, 0.6) is 0 Å². The Morgan fingerprint density at radius 3 is 2.26 bits per heavy atom. The standard InChI is InChI=1S/C19H26N4O3S/c1-13-6-7-16(10-14(13)2)27(25,26)22-9-8-17(24)23-15-11-20-18(21-12-15)19(3,4)5/h6-7,10-12,22H,8-9H2,1-5H3,(H,23,24). The third-order valence-electron chi connectivity index (χ3n) is 4.04. The Hall–Kier alpha value is -2.32. The van der Waals surface area contributed by atoms with E-state index in [9.17, 15) is 13.2 Å². The van der Waals surface area contributed by atoms with Crippen LogP contribution in [0.25, 0.3) is 0 Å². The molecule has 0 fully saturated rings. The zero-order valence-electron chi connectivity index (χ0n) is 16.3. The fraction of sp³-hybridized carbons (Fsp3) is 0.421. The molecule has 2 rings (SSSR count). The smallest absolute Gasteiger partial charge is 0.240 e. The number of sulfonamides is 1. The molecule has 0 aliphatic rings. The molecule has 27 heavy (non-hydrogen) atoms. The number of aromatic nitrogens is 2. The first-order chi connectivity index (χ1) is 12.5. The van der Waals surface area contributed by atoms with Crippen molar-refractivity contribution in [2.24, 2.45) is 0 Å². The van der Waals surface area contributed by atoms with Crippen LogP contribution in [0.1, 0.15) is 44.1 Å². The summed E-state index contributed by atoms with van der Waals surface area (Å²) in [4.78, 5) is 20.7. The summed E-state index contributed by atoms with van der Waals surface area (Å²) in [5.74, 6) is 0.367. The van der Waals surface area contributed by atoms with Gasteiger partial charge in [0.15, 0.2) is 0 Å². The molecule has 0 spiro atoms. The SMILES string of the molecule is Cc1ccc(S(=O)(=O)NCCC(=O)Nc2cnc(C(C)(C)C)nc2)cc1C. The van der Waals surface area contributed by atoms with E-state index in [0.717, 1.165) is 11.1 Å². The highest BCUT2D eigenvalue weighted by Crippen LogP contribution is 2.18. The number of amides is 1. The fourth-order valence-electron chi connectivity index (χ4n) is 2.27. The Morgan fingerprint density at radius 1 is 1.07 bits per heavy atom. The van der Waals surface area contributed by atoms with Crippen LogP contribution < -0.4 is 10.0 Å². The first-order valence-electron chi connectivity index (χ1n) is 8.68. The van der Waals surface area contributed by atoms with Crippen molar-refractivity contribution in [2.45, 2.75) is 51.3 Å². The second kappa shape index (κ2) is 8.14. The second-order valence-electron chi connectivity index (χ2n) is 7.49. The quantitative estimate of drug-likeness (QED) is 0.790. The molecule has 146 valence electrons. The van der Waals surface area contributed by atoms with E-state index in [1.54, 1.807) is 30.6 Å². The lowest BCUT2D eigenvalue weighted by Crippen LogP contribution is -2.28. The van der Waals surface area contributed by atoms with E-state index in [1.807, 2.05) is 34.6 Å². The number of carbonyl (C=O) groups is 1. The van der Waals surface area contributed by atoms with Gasteiger partial charge >= 0.3 is 0 Å². The predicted molar refractivity (Wildman–Crippen MR) is 105 cm³/mol. The van der Waals surface area contributed by atoms with Crippen molar-refractivity contribution in [1.29, 1.82) is 0 Å². The average Bonchev–Trinajstić information content (AvgIpc) is 2.56. The van der Waals surface area contributed by atoms with Crippen LogP contribution in [-0.4, -0.2) is 30.8 Å². The molecule has 2 N–H and O–H groups in total. The molecular formula is C19H26N4O3S. The zero-order valence-corrected chi connectivity index (χ0v) is 17.1. The maximum Gasteiger partial charge on any atom is 0.240 e. The summed E-state index contributed by atoms with van der Waals surface area (Å²) in [6, 6.07) is 4.93. The molecule has 7 nitrogen and oxygen atoms in total. The van der Waals surface area contributed by atoms with E-state index in [-0.39, 0.29) is 29.2 Å². The van der Waals surface area contributed by atoms with Crippen LogP contribution in [0.4, 0.5) is 5.69 Å². The number of aryl methyl sites for hydroxylation is 2. The Labute approximate surface area is 160 Å². The topological polar surface area (TPSA) is 101 Å². The molecule has 0 aliphatic heterocycles. The molecule has 1 aromatic heterocycles. The molecule has 0 bridgehead atoms. The zero-order chi connectivity index (χ0) is 20.2. The van der Waals surface area contributed by atoms with Gasteiger partial charge in [-0.3, -0.25) is 4.79 Å². The summed E-state index contributed by atoms with van der Waals surface area (Å²) in [5.41, 5.74) is 2.22. The Balaban J connectivity index is 1.89. The molecule has 1 aromatic carbocycles. The van der Waals surface area contributed by atoms with E-state index >= 15 is 0 Å². The lowest BCUT2D eigenvalue weighted by molar-refractivity contribution is -0.116. The van der Waals surface area contributed by atoms with E-state index in [4.69, 9.17) is 0 Å². The van der Waals surface area contributed by atoms with Crippen LogP contribution in [0.3, 0.4) is 0 Å². The monoisotopic (exact) mass is 390 g/mol. The van der Waals surface area contributed by atoms with E-state index < -0.39 is 10.0 Å². The average molecular weight is 391 g/mol. The number of hydrogen-bond acceptors (Lipinski definition) is 5. The number of carbonyl (C=O) groups excluding carboxylic acids is 1. The number of benzene rings is 1. The number of nitrogens with one attached hydrogen (secondary N) is 2. The van der Waals surface area contributed by atoms with Gasteiger partial charge in [-0.15, -0.1) is 0 Å². The van der Waals surface area contributed by atoms with Gasteiger partial charge in [-0.25, -0.2) is 23.1 Å². The van der Waals surface area contributed by atoms with Gasteiger partial charge in [0.1, 0.15) is 5.82 Å². The van der Waals surface area contributed by atoms with Gasteiger partial charge in [0.2, 0.25) is 15.9 Å². The molecule has 0 aliphatic carbocycles. The molecule has 0 saturated carbocycles. The molecule has 1 amide bonds. The fourth-order valence-corrected chi connectivity index (χ4v) is 3.38. The van der Waals surface area contributed by atoms with Crippen molar-refractivity contribution in [2.75, 3.05) is 11.9 Å². The summed E-state index contributed by atoms with van der Waals surface area (Å²) in [5, 5.41) is 2.66. The van der Waals surface area contributed by atoms with Crippen LogP contribution in [0.15, 0.2) is 35.5 Å². The molecule has 0 saturated heterocycles. The minimum atomic E-state index is -3.64.